The number of aryl methyl sites for hydroxylation is 1. The molecule has 1 saturated carbocycles. The largest absolute Gasteiger partial charge is 0.379 e. The number of hydrogen-bond acceptors (Lipinski definition) is 5. The summed E-state index contributed by atoms with van der Waals surface area (Å²) in [5.41, 5.74) is 1.40. The number of rotatable bonds is 4. The molecule has 3 heterocycles. The van der Waals surface area contributed by atoms with Crippen molar-refractivity contribution in [2.75, 3.05) is 63.9 Å². The second kappa shape index (κ2) is 7.40. The minimum absolute atomic E-state index is 0.0707. The molecule has 7 heteroatoms. The lowest BCUT2D eigenvalue weighted by atomic mass is 10.2. The molecule has 1 N–H and O–H groups in total. The molecule has 2 aliphatic heterocycles. The van der Waals surface area contributed by atoms with Crippen LogP contribution < -0.4 is 10.2 Å². The van der Waals surface area contributed by atoms with Gasteiger partial charge in [0.25, 0.3) is 0 Å². The van der Waals surface area contributed by atoms with E-state index in [1.165, 1.54) is 18.4 Å². The number of piperazine rings is 1. The number of nitrogens with one attached hydrogen (secondary N) is 1. The normalized spacial score (nSPS) is 23.0. The third kappa shape index (κ3) is 3.78. The van der Waals surface area contributed by atoms with Gasteiger partial charge in [-0.1, -0.05) is 0 Å². The Morgan fingerprint density at radius 3 is 2.58 bits per heavy atom. The Labute approximate surface area is 155 Å². The number of hydrogen-bond donors (Lipinski definition) is 1. The number of pyridine rings is 1. The highest BCUT2D eigenvalue weighted by Gasteiger charge is 2.48. The average molecular weight is 359 g/mol. The van der Waals surface area contributed by atoms with Crippen LogP contribution in [0, 0.1) is 6.92 Å². The van der Waals surface area contributed by atoms with E-state index in [9.17, 15) is 4.79 Å². The van der Waals surface area contributed by atoms with Gasteiger partial charge in [0.15, 0.2) is 0 Å². The summed E-state index contributed by atoms with van der Waals surface area (Å²) >= 11 is 0. The first-order chi connectivity index (χ1) is 12.7. The second-order valence-corrected chi connectivity index (χ2v) is 7.65. The summed E-state index contributed by atoms with van der Waals surface area (Å²) in [6.45, 7) is 9.57. The van der Waals surface area contributed by atoms with Gasteiger partial charge in [-0.3, -0.25) is 4.90 Å². The van der Waals surface area contributed by atoms with E-state index < -0.39 is 0 Å². The number of urea groups is 1. The van der Waals surface area contributed by atoms with Gasteiger partial charge in [0.05, 0.1) is 13.2 Å². The highest BCUT2D eigenvalue weighted by atomic mass is 16.5. The first-order valence-corrected chi connectivity index (χ1v) is 9.70. The highest BCUT2D eigenvalue weighted by Crippen LogP contribution is 2.41. The fourth-order valence-corrected chi connectivity index (χ4v) is 3.97. The van der Waals surface area contributed by atoms with E-state index in [1.54, 1.807) is 0 Å². The lowest BCUT2D eigenvalue weighted by Gasteiger charge is -2.37. The number of anilines is 1. The first-order valence-electron chi connectivity index (χ1n) is 9.70. The molecule has 7 nitrogen and oxygen atoms in total. The summed E-state index contributed by atoms with van der Waals surface area (Å²) in [7, 11) is 0. The number of nitrogens with zero attached hydrogens (tertiary/aromatic N) is 4. The Morgan fingerprint density at radius 1 is 1.19 bits per heavy atom. The van der Waals surface area contributed by atoms with Crippen LogP contribution in [0.25, 0.3) is 0 Å². The molecule has 0 aromatic carbocycles. The van der Waals surface area contributed by atoms with E-state index in [4.69, 9.17) is 4.74 Å². The molecule has 142 valence electrons. The van der Waals surface area contributed by atoms with Crippen LogP contribution in [0.5, 0.6) is 0 Å². The molecule has 1 aromatic rings. The lowest BCUT2D eigenvalue weighted by molar-refractivity contribution is 0.00999. The van der Waals surface area contributed by atoms with Crippen LogP contribution in [0.4, 0.5) is 10.6 Å². The van der Waals surface area contributed by atoms with Gasteiger partial charge in [0.2, 0.25) is 0 Å². The molecule has 26 heavy (non-hydrogen) atoms. The molecule has 0 atom stereocenters. The molecule has 0 radical (unpaired) electrons. The summed E-state index contributed by atoms with van der Waals surface area (Å²) in [4.78, 5) is 23.7. The van der Waals surface area contributed by atoms with E-state index in [0.717, 1.165) is 64.8 Å². The van der Waals surface area contributed by atoms with Gasteiger partial charge in [-0.25, -0.2) is 9.78 Å². The molecule has 3 aliphatic rings. The molecular formula is C19H29N5O2. The van der Waals surface area contributed by atoms with Crippen LogP contribution >= 0.6 is 0 Å². The summed E-state index contributed by atoms with van der Waals surface area (Å²) in [5, 5.41) is 3.19. The summed E-state index contributed by atoms with van der Waals surface area (Å²) < 4.78 is 5.45. The van der Waals surface area contributed by atoms with Gasteiger partial charge in [-0.05, 0) is 37.5 Å². The summed E-state index contributed by atoms with van der Waals surface area (Å²) in [5.74, 6) is 1.01. The fraction of sp³-hybridized carbons (Fsp3) is 0.684. The predicted molar refractivity (Wildman–Crippen MR) is 101 cm³/mol. The molecule has 0 spiro atoms. The number of ether oxygens (including phenoxy) is 1. The molecule has 4 rings (SSSR count). The lowest BCUT2D eigenvalue weighted by Crippen LogP contribution is -2.55. The van der Waals surface area contributed by atoms with E-state index in [2.05, 4.69) is 33.1 Å². The van der Waals surface area contributed by atoms with Gasteiger partial charge < -0.3 is 19.9 Å². The van der Waals surface area contributed by atoms with Gasteiger partial charge in [-0.15, -0.1) is 0 Å². The van der Waals surface area contributed by atoms with Crippen molar-refractivity contribution < 1.29 is 9.53 Å². The molecule has 2 saturated heterocycles. The highest BCUT2D eigenvalue weighted by molar-refractivity contribution is 5.74. The minimum Gasteiger partial charge on any atom is -0.379 e. The minimum atomic E-state index is 0.0707. The zero-order chi connectivity index (χ0) is 18.0. The Bertz CT molecular complexity index is 635. The van der Waals surface area contributed by atoms with Gasteiger partial charge in [-0.2, -0.15) is 0 Å². The van der Waals surface area contributed by atoms with Crippen LogP contribution in [0.1, 0.15) is 18.4 Å². The van der Waals surface area contributed by atoms with Gasteiger partial charge in [0, 0.05) is 57.5 Å². The van der Waals surface area contributed by atoms with Crippen LogP contribution in [0.3, 0.4) is 0 Å². The molecule has 3 fully saturated rings. The van der Waals surface area contributed by atoms with Crippen LogP contribution in [-0.4, -0.2) is 85.4 Å². The zero-order valence-electron chi connectivity index (χ0n) is 15.6. The van der Waals surface area contributed by atoms with E-state index in [-0.39, 0.29) is 11.6 Å². The summed E-state index contributed by atoms with van der Waals surface area (Å²) in [6.07, 6.45) is 4.21. The molecule has 0 bridgehead atoms. The molecular weight excluding hydrogens is 330 g/mol. The van der Waals surface area contributed by atoms with Crippen molar-refractivity contribution >= 4 is 11.8 Å². The molecule has 2 amide bonds. The summed E-state index contributed by atoms with van der Waals surface area (Å²) in [6, 6.07) is 4.19. The number of carbonyl (C=O) groups excluding carboxylic acids is 1. The SMILES string of the molecule is Cc1ccnc(N2CCN(C(=O)NCC3(N4CCOCC4)CC3)CC2)c1. The molecule has 1 aromatic heterocycles. The van der Waals surface area contributed by atoms with Crippen molar-refractivity contribution in [3.8, 4) is 0 Å². The Balaban J connectivity index is 1.25. The maximum Gasteiger partial charge on any atom is 0.317 e. The van der Waals surface area contributed by atoms with Crippen molar-refractivity contribution in [1.82, 2.24) is 20.1 Å². The topological polar surface area (TPSA) is 60.9 Å². The number of morpholine rings is 1. The monoisotopic (exact) mass is 359 g/mol. The van der Waals surface area contributed by atoms with Crippen LogP contribution in [0.15, 0.2) is 18.3 Å². The van der Waals surface area contributed by atoms with Crippen molar-refractivity contribution in [2.24, 2.45) is 0 Å². The van der Waals surface area contributed by atoms with Crippen molar-refractivity contribution in [3.63, 3.8) is 0 Å². The fourth-order valence-electron chi connectivity index (χ4n) is 3.97. The standard InChI is InChI=1S/C19H29N5O2/c1-16-2-5-20-17(14-16)22-6-8-23(9-7-22)18(25)21-15-19(3-4-19)24-10-12-26-13-11-24/h2,5,14H,3-4,6-13,15H2,1H3,(H,21,25). The van der Waals surface area contributed by atoms with Crippen LogP contribution in [0.2, 0.25) is 0 Å². The van der Waals surface area contributed by atoms with E-state index in [1.807, 2.05) is 17.2 Å². The smallest absolute Gasteiger partial charge is 0.317 e. The number of carbonyl (C=O) groups is 1. The van der Waals surface area contributed by atoms with Crippen LogP contribution in [-0.2, 0) is 4.74 Å². The maximum atomic E-state index is 12.6. The van der Waals surface area contributed by atoms with Crippen molar-refractivity contribution in [1.29, 1.82) is 0 Å². The average Bonchev–Trinajstić information content (AvgIpc) is 3.48. The second-order valence-electron chi connectivity index (χ2n) is 7.65. The molecule has 0 unspecified atom stereocenters. The van der Waals surface area contributed by atoms with Crippen molar-refractivity contribution in [3.05, 3.63) is 23.9 Å². The van der Waals surface area contributed by atoms with Gasteiger partial charge >= 0.3 is 6.03 Å². The zero-order valence-corrected chi connectivity index (χ0v) is 15.6. The number of amides is 2. The number of aromatic nitrogens is 1. The van der Waals surface area contributed by atoms with Gasteiger partial charge in [0.1, 0.15) is 5.82 Å². The Kier molecular flexibility index (Phi) is 5.00. The first kappa shape index (κ1) is 17.5. The predicted octanol–water partition coefficient (Wildman–Crippen LogP) is 1.09. The quantitative estimate of drug-likeness (QED) is 0.872. The third-order valence-electron chi connectivity index (χ3n) is 5.87. The third-order valence-corrected chi connectivity index (χ3v) is 5.87. The van der Waals surface area contributed by atoms with E-state index in [0.29, 0.717) is 0 Å². The van der Waals surface area contributed by atoms with E-state index >= 15 is 0 Å². The molecule has 1 aliphatic carbocycles. The maximum absolute atomic E-state index is 12.6. The Morgan fingerprint density at radius 2 is 1.92 bits per heavy atom. The Hall–Kier alpha value is -1.86. The van der Waals surface area contributed by atoms with Crippen molar-refractivity contribution in [2.45, 2.75) is 25.3 Å².